The van der Waals surface area contributed by atoms with Crippen LogP contribution in [0.2, 0.25) is 0 Å². The average molecular weight is 533 g/mol. The van der Waals surface area contributed by atoms with Crippen molar-refractivity contribution >= 4 is 44.5 Å². The van der Waals surface area contributed by atoms with Gasteiger partial charge in [0.05, 0.1) is 23.3 Å². The van der Waals surface area contributed by atoms with E-state index in [2.05, 4.69) is 27.0 Å². The Balaban J connectivity index is 1.49. The SMILES string of the molecule is CC(C)N(C1=c2[nH]c(-c3ncc(CN4CCCCC4CO)s3)cc2=CCC1)S(=O)(=O)c1cccs1. The summed E-state index contributed by atoms with van der Waals surface area (Å²) in [4.78, 5) is 11.7. The number of rotatable bonds is 8. The first-order valence-electron chi connectivity index (χ1n) is 12.2. The lowest BCUT2D eigenvalue weighted by Gasteiger charge is -2.34. The molecule has 5 rings (SSSR count). The Bertz CT molecular complexity index is 1390. The Morgan fingerprint density at radius 1 is 1.34 bits per heavy atom. The Labute approximate surface area is 214 Å². The number of piperidine rings is 1. The van der Waals surface area contributed by atoms with E-state index in [-0.39, 0.29) is 18.7 Å². The molecule has 1 atom stereocenters. The molecule has 1 unspecified atom stereocenters. The monoisotopic (exact) mass is 532 g/mol. The van der Waals surface area contributed by atoms with E-state index in [1.54, 1.807) is 33.2 Å². The third kappa shape index (κ3) is 4.86. The minimum atomic E-state index is -3.63. The van der Waals surface area contributed by atoms with Gasteiger partial charge in [0.2, 0.25) is 0 Å². The molecule has 0 spiro atoms. The fraction of sp³-hybridized carbons (Fsp3) is 0.480. The lowest BCUT2D eigenvalue weighted by molar-refractivity contribution is 0.0849. The zero-order valence-corrected chi connectivity index (χ0v) is 22.6. The number of nitrogens with zero attached hydrogens (tertiary/aromatic N) is 3. The van der Waals surface area contributed by atoms with Crippen molar-refractivity contribution < 1.29 is 13.5 Å². The number of aromatic nitrogens is 2. The lowest BCUT2D eigenvalue weighted by atomic mass is 10.0. The number of fused-ring (bicyclic) bond motifs is 1. The van der Waals surface area contributed by atoms with Gasteiger partial charge in [-0.1, -0.05) is 18.6 Å². The largest absolute Gasteiger partial charge is 0.395 e. The number of thiazole rings is 1. The van der Waals surface area contributed by atoms with Crippen molar-refractivity contribution in [2.24, 2.45) is 0 Å². The molecule has 2 N–H and O–H groups in total. The molecule has 1 aliphatic carbocycles. The molecule has 0 radical (unpaired) electrons. The number of H-pyrrole nitrogens is 1. The normalized spacial score (nSPS) is 19.1. The number of aromatic amines is 1. The Kier molecular flexibility index (Phi) is 7.18. The summed E-state index contributed by atoms with van der Waals surface area (Å²) in [6.45, 7) is 5.85. The van der Waals surface area contributed by atoms with Gasteiger partial charge in [0, 0.05) is 29.7 Å². The van der Waals surface area contributed by atoms with Crippen LogP contribution in [0.5, 0.6) is 0 Å². The average Bonchev–Trinajstić information content (AvgIpc) is 3.60. The van der Waals surface area contributed by atoms with Crippen molar-refractivity contribution in [2.45, 2.75) is 68.8 Å². The summed E-state index contributed by atoms with van der Waals surface area (Å²) in [7, 11) is -3.63. The van der Waals surface area contributed by atoms with Crippen molar-refractivity contribution in [3.8, 4) is 10.7 Å². The molecule has 10 heteroatoms. The summed E-state index contributed by atoms with van der Waals surface area (Å²) in [5.41, 5.74) is 1.73. The highest BCUT2D eigenvalue weighted by Gasteiger charge is 2.31. The third-order valence-corrected chi connectivity index (χ3v) is 11.1. The molecule has 35 heavy (non-hydrogen) atoms. The number of sulfonamides is 1. The van der Waals surface area contributed by atoms with Crippen LogP contribution in [0, 0.1) is 0 Å². The molecule has 3 aromatic rings. The highest BCUT2D eigenvalue weighted by molar-refractivity contribution is 7.91. The van der Waals surface area contributed by atoms with Crippen molar-refractivity contribution in [3.05, 3.63) is 45.2 Å². The molecular formula is C25H32N4O3S3. The van der Waals surface area contributed by atoms with Gasteiger partial charge in [-0.15, -0.1) is 22.7 Å². The molecule has 1 saturated heterocycles. The van der Waals surface area contributed by atoms with E-state index in [9.17, 15) is 13.5 Å². The number of hydrogen-bond acceptors (Lipinski definition) is 7. The molecule has 188 valence electrons. The molecule has 3 aromatic heterocycles. The van der Waals surface area contributed by atoms with Crippen LogP contribution in [-0.4, -0.2) is 57.9 Å². The maximum atomic E-state index is 13.5. The van der Waals surface area contributed by atoms with Gasteiger partial charge in [-0.3, -0.25) is 9.21 Å². The van der Waals surface area contributed by atoms with Crippen molar-refractivity contribution in [3.63, 3.8) is 0 Å². The summed E-state index contributed by atoms with van der Waals surface area (Å²) in [5, 5.41) is 14.3. The van der Waals surface area contributed by atoms with E-state index in [0.717, 1.165) is 52.9 Å². The van der Waals surface area contributed by atoms with E-state index in [1.807, 2.05) is 20.0 Å². The summed E-state index contributed by atoms with van der Waals surface area (Å²) in [5.74, 6) is 0. The zero-order chi connectivity index (χ0) is 24.6. The van der Waals surface area contributed by atoms with Gasteiger partial charge < -0.3 is 10.1 Å². The van der Waals surface area contributed by atoms with Crippen LogP contribution in [0.25, 0.3) is 22.5 Å². The summed E-state index contributed by atoms with van der Waals surface area (Å²) >= 11 is 2.91. The molecule has 0 saturated carbocycles. The van der Waals surface area contributed by atoms with Gasteiger partial charge in [-0.2, -0.15) is 0 Å². The predicted octanol–water partition coefficient (Wildman–Crippen LogP) is 3.33. The van der Waals surface area contributed by atoms with Crippen LogP contribution in [0.1, 0.15) is 50.8 Å². The number of thiophene rings is 1. The second-order valence-corrected chi connectivity index (χ2v) is 13.6. The summed E-state index contributed by atoms with van der Waals surface area (Å²) in [6, 6.07) is 5.56. The van der Waals surface area contributed by atoms with Gasteiger partial charge in [0.1, 0.15) is 9.22 Å². The van der Waals surface area contributed by atoms with E-state index < -0.39 is 10.0 Å². The highest BCUT2D eigenvalue weighted by Crippen LogP contribution is 2.30. The molecule has 4 heterocycles. The van der Waals surface area contributed by atoms with E-state index in [1.165, 1.54) is 29.1 Å². The second-order valence-electron chi connectivity index (χ2n) is 9.46. The number of nitrogens with one attached hydrogen (secondary N) is 1. The van der Waals surface area contributed by atoms with Crippen molar-refractivity contribution in [1.29, 1.82) is 0 Å². The molecule has 1 aliphatic heterocycles. The molecular weight excluding hydrogens is 501 g/mol. The van der Waals surface area contributed by atoms with Crippen molar-refractivity contribution in [2.75, 3.05) is 13.2 Å². The Morgan fingerprint density at radius 3 is 2.94 bits per heavy atom. The van der Waals surface area contributed by atoms with Gasteiger partial charge in [0.25, 0.3) is 10.0 Å². The van der Waals surface area contributed by atoms with Crippen LogP contribution < -0.4 is 10.6 Å². The van der Waals surface area contributed by atoms with E-state index in [0.29, 0.717) is 10.6 Å². The molecule has 0 amide bonds. The van der Waals surface area contributed by atoms with Crippen LogP contribution in [0.4, 0.5) is 0 Å². The molecule has 7 nitrogen and oxygen atoms in total. The quantitative estimate of drug-likeness (QED) is 0.465. The number of hydrogen-bond donors (Lipinski definition) is 2. The minimum absolute atomic E-state index is 0.199. The predicted molar refractivity (Wildman–Crippen MR) is 142 cm³/mol. The highest BCUT2D eigenvalue weighted by atomic mass is 32.2. The molecule has 1 fully saturated rings. The van der Waals surface area contributed by atoms with E-state index in [4.69, 9.17) is 0 Å². The summed E-state index contributed by atoms with van der Waals surface area (Å²) in [6.07, 6.45) is 8.94. The molecule has 0 bridgehead atoms. The summed E-state index contributed by atoms with van der Waals surface area (Å²) < 4.78 is 29.0. The van der Waals surface area contributed by atoms with Crippen molar-refractivity contribution in [1.82, 2.24) is 19.2 Å². The Morgan fingerprint density at radius 2 is 2.20 bits per heavy atom. The van der Waals surface area contributed by atoms with Crippen LogP contribution in [0.3, 0.4) is 0 Å². The number of likely N-dealkylation sites (tertiary alicyclic amines) is 1. The van der Waals surface area contributed by atoms with Gasteiger partial charge in [0.15, 0.2) is 0 Å². The minimum Gasteiger partial charge on any atom is -0.395 e. The second kappa shape index (κ2) is 10.2. The topological polar surface area (TPSA) is 89.5 Å². The maximum absolute atomic E-state index is 13.5. The first kappa shape index (κ1) is 24.7. The lowest BCUT2D eigenvalue weighted by Crippen LogP contribution is -2.42. The maximum Gasteiger partial charge on any atom is 0.273 e. The fourth-order valence-corrected chi connectivity index (χ4v) is 8.84. The smallest absolute Gasteiger partial charge is 0.273 e. The van der Waals surface area contributed by atoms with Gasteiger partial charge in [-0.25, -0.2) is 13.4 Å². The zero-order valence-electron chi connectivity index (χ0n) is 20.1. The molecule has 2 aliphatic rings. The van der Waals surface area contributed by atoms with Gasteiger partial charge in [-0.05, 0) is 68.8 Å². The standard InChI is InChI=1S/C25H32N4O3S3/c1-17(2)29(35(31,32)23-10-6-12-33-23)22-9-5-7-18-13-21(27-24(18)22)25-26-14-20(34-25)15-28-11-4-3-8-19(28)16-30/h6-7,10,12-14,17,19,27,30H,3-5,8-9,11,15-16H2,1-2H3. The first-order valence-corrected chi connectivity index (χ1v) is 15.3. The number of aliphatic hydroxyl groups excluding tert-OH is 1. The molecule has 0 aromatic carbocycles. The van der Waals surface area contributed by atoms with Crippen LogP contribution >= 0.6 is 22.7 Å². The fourth-order valence-electron chi connectivity index (χ4n) is 5.12. The van der Waals surface area contributed by atoms with E-state index >= 15 is 0 Å². The first-order chi connectivity index (χ1) is 16.9. The Hall–Kier alpha value is -1.98. The van der Waals surface area contributed by atoms with Crippen LogP contribution in [-0.2, 0) is 16.6 Å². The van der Waals surface area contributed by atoms with Gasteiger partial charge >= 0.3 is 0 Å². The number of aliphatic hydroxyl groups is 1. The third-order valence-electron chi connectivity index (χ3n) is 6.73. The van der Waals surface area contributed by atoms with Crippen LogP contribution in [0.15, 0.2) is 34.0 Å².